The highest BCUT2D eigenvalue weighted by atomic mass is 16.7. The first-order chi connectivity index (χ1) is 11.8. The standard InChI is InChI=1S/C21H34O3/c1-3-5-7-8-9-10-18-16-23-21(24-17-18)19-11-13-20(14-12-19)22-15-6-4-2/h11-14,18,21H,3-10,15-17H2,1-2H3. The lowest BCUT2D eigenvalue weighted by Crippen LogP contribution is -2.27. The monoisotopic (exact) mass is 334 g/mol. The molecule has 24 heavy (non-hydrogen) atoms. The zero-order chi connectivity index (χ0) is 17.0. The van der Waals surface area contributed by atoms with Crippen LogP contribution in [-0.4, -0.2) is 19.8 Å². The number of hydrogen-bond acceptors (Lipinski definition) is 3. The predicted octanol–water partition coefficient (Wildman–Crippen LogP) is 5.89. The van der Waals surface area contributed by atoms with Crippen LogP contribution in [0.25, 0.3) is 0 Å². The molecule has 0 unspecified atom stereocenters. The fourth-order valence-electron chi connectivity index (χ4n) is 2.99. The van der Waals surface area contributed by atoms with Gasteiger partial charge in [0.25, 0.3) is 0 Å². The molecule has 0 saturated carbocycles. The van der Waals surface area contributed by atoms with Crippen molar-refractivity contribution in [1.29, 1.82) is 0 Å². The van der Waals surface area contributed by atoms with Gasteiger partial charge in [0, 0.05) is 11.5 Å². The van der Waals surface area contributed by atoms with Crippen molar-refractivity contribution in [3.05, 3.63) is 29.8 Å². The number of ether oxygens (including phenoxy) is 3. The Balaban J connectivity index is 1.66. The van der Waals surface area contributed by atoms with Crippen molar-refractivity contribution >= 4 is 0 Å². The van der Waals surface area contributed by atoms with E-state index < -0.39 is 0 Å². The number of rotatable bonds is 11. The van der Waals surface area contributed by atoms with Gasteiger partial charge in [-0.25, -0.2) is 0 Å². The van der Waals surface area contributed by atoms with Crippen molar-refractivity contribution in [2.45, 2.75) is 71.5 Å². The number of hydrogen-bond donors (Lipinski definition) is 0. The molecule has 0 N–H and O–H groups in total. The van der Waals surface area contributed by atoms with Crippen LogP contribution in [0.5, 0.6) is 5.75 Å². The minimum absolute atomic E-state index is 0.217. The van der Waals surface area contributed by atoms with Gasteiger partial charge in [-0.15, -0.1) is 0 Å². The summed E-state index contributed by atoms with van der Waals surface area (Å²) >= 11 is 0. The molecule has 0 bridgehead atoms. The van der Waals surface area contributed by atoms with Gasteiger partial charge in [0.05, 0.1) is 19.8 Å². The first-order valence-corrected chi connectivity index (χ1v) is 9.79. The van der Waals surface area contributed by atoms with E-state index in [4.69, 9.17) is 14.2 Å². The van der Waals surface area contributed by atoms with E-state index >= 15 is 0 Å². The van der Waals surface area contributed by atoms with Gasteiger partial charge in [-0.3, -0.25) is 0 Å². The third kappa shape index (κ3) is 6.82. The van der Waals surface area contributed by atoms with Crippen LogP contribution in [0, 0.1) is 5.92 Å². The van der Waals surface area contributed by atoms with E-state index in [-0.39, 0.29) is 6.29 Å². The lowest BCUT2D eigenvalue weighted by Gasteiger charge is -2.29. The molecule has 2 rings (SSSR count). The average Bonchev–Trinajstić information content (AvgIpc) is 2.63. The molecule has 0 amide bonds. The molecule has 1 aliphatic heterocycles. The molecule has 1 aromatic rings. The zero-order valence-corrected chi connectivity index (χ0v) is 15.5. The van der Waals surface area contributed by atoms with Crippen LogP contribution < -0.4 is 4.74 Å². The van der Waals surface area contributed by atoms with E-state index in [1.54, 1.807) is 0 Å². The van der Waals surface area contributed by atoms with E-state index in [9.17, 15) is 0 Å². The third-order valence-electron chi connectivity index (χ3n) is 4.60. The summed E-state index contributed by atoms with van der Waals surface area (Å²) < 4.78 is 17.6. The van der Waals surface area contributed by atoms with Gasteiger partial charge in [0.15, 0.2) is 6.29 Å². The summed E-state index contributed by atoms with van der Waals surface area (Å²) in [4.78, 5) is 0. The summed E-state index contributed by atoms with van der Waals surface area (Å²) in [5.41, 5.74) is 1.08. The van der Waals surface area contributed by atoms with Gasteiger partial charge in [-0.05, 0) is 25.0 Å². The van der Waals surface area contributed by atoms with Crippen LogP contribution in [0.4, 0.5) is 0 Å². The minimum Gasteiger partial charge on any atom is -0.494 e. The maximum atomic E-state index is 5.93. The highest BCUT2D eigenvalue weighted by Crippen LogP contribution is 2.28. The molecule has 1 aromatic carbocycles. The Morgan fingerprint density at radius 2 is 1.54 bits per heavy atom. The Morgan fingerprint density at radius 1 is 0.875 bits per heavy atom. The Kier molecular flexibility index (Phi) is 9.22. The summed E-state index contributed by atoms with van der Waals surface area (Å²) in [6, 6.07) is 8.13. The molecule has 1 fully saturated rings. The molecule has 0 aromatic heterocycles. The van der Waals surface area contributed by atoms with Gasteiger partial charge < -0.3 is 14.2 Å². The lowest BCUT2D eigenvalue weighted by atomic mass is 10.0. The van der Waals surface area contributed by atoms with Crippen LogP contribution in [0.2, 0.25) is 0 Å². The van der Waals surface area contributed by atoms with Crippen LogP contribution >= 0.6 is 0 Å². The van der Waals surface area contributed by atoms with Crippen LogP contribution in [0.15, 0.2) is 24.3 Å². The Morgan fingerprint density at radius 3 is 2.21 bits per heavy atom. The fourth-order valence-corrected chi connectivity index (χ4v) is 2.99. The SMILES string of the molecule is CCCCCCCC1COC(c2ccc(OCCCC)cc2)OC1. The molecular formula is C21H34O3. The highest BCUT2D eigenvalue weighted by Gasteiger charge is 2.23. The predicted molar refractivity (Wildman–Crippen MR) is 98.4 cm³/mol. The molecule has 0 radical (unpaired) electrons. The van der Waals surface area contributed by atoms with Gasteiger partial charge >= 0.3 is 0 Å². The summed E-state index contributed by atoms with van der Waals surface area (Å²) in [6.45, 7) is 6.84. The molecule has 0 aliphatic carbocycles. The molecule has 0 atom stereocenters. The second kappa shape index (κ2) is 11.5. The minimum atomic E-state index is -0.217. The second-order valence-corrected chi connectivity index (χ2v) is 6.84. The molecule has 1 aliphatic rings. The second-order valence-electron chi connectivity index (χ2n) is 6.84. The normalized spacial score (nSPS) is 20.9. The maximum absolute atomic E-state index is 5.93. The van der Waals surface area contributed by atoms with Crippen molar-refractivity contribution in [1.82, 2.24) is 0 Å². The van der Waals surface area contributed by atoms with E-state index in [0.717, 1.165) is 44.0 Å². The zero-order valence-electron chi connectivity index (χ0n) is 15.5. The van der Waals surface area contributed by atoms with Crippen LogP contribution in [-0.2, 0) is 9.47 Å². The van der Waals surface area contributed by atoms with Crippen molar-refractivity contribution in [3.8, 4) is 5.75 Å². The number of unbranched alkanes of at least 4 members (excludes halogenated alkanes) is 5. The highest BCUT2D eigenvalue weighted by molar-refractivity contribution is 5.28. The Hall–Kier alpha value is -1.06. The van der Waals surface area contributed by atoms with Crippen molar-refractivity contribution in [3.63, 3.8) is 0 Å². The lowest BCUT2D eigenvalue weighted by molar-refractivity contribution is -0.206. The van der Waals surface area contributed by atoms with Crippen LogP contribution in [0.3, 0.4) is 0 Å². The summed E-state index contributed by atoms with van der Waals surface area (Å²) in [5, 5.41) is 0. The number of benzene rings is 1. The first-order valence-electron chi connectivity index (χ1n) is 9.79. The van der Waals surface area contributed by atoms with Crippen molar-refractivity contribution in [2.75, 3.05) is 19.8 Å². The van der Waals surface area contributed by atoms with Gasteiger partial charge in [-0.1, -0.05) is 64.5 Å². The molecule has 3 heteroatoms. The van der Waals surface area contributed by atoms with Crippen LogP contribution in [0.1, 0.15) is 77.1 Å². The molecule has 0 spiro atoms. The van der Waals surface area contributed by atoms with E-state index in [2.05, 4.69) is 26.0 Å². The first kappa shape index (κ1) is 19.3. The Bertz CT molecular complexity index is 421. The summed E-state index contributed by atoms with van der Waals surface area (Å²) in [6.07, 6.45) is 9.92. The summed E-state index contributed by atoms with van der Waals surface area (Å²) in [7, 11) is 0. The fraction of sp³-hybridized carbons (Fsp3) is 0.714. The summed E-state index contributed by atoms with van der Waals surface area (Å²) in [5.74, 6) is 1.48. The Labute approximate surface area is 147 Å². The largest absolute Gasteiger partial charge is 0.494 e. The maximum Gasteiger partial charge on any atom is 0.183 e. The quantitative estimate of drug-likeness (QED) is 0.472. The smallest absolute Gasteiger partial charge is 0.183 e. The van der Waals surface area contributed by atoms with E-state index in [1.807, 2.05) is 12.1 Å². The van der Waals surface area contributed by atoms with Gasteiger partial charge in [-0.2, -0.15) is 0 Å². The average molecular weight is 335 g/mol. The molecule has 1 heterocycles. The van der Waals surface area contributed by atoms with E-state index in [1.165, 1.54) is 38.5 Å². The molecular weight excluding hydrogens is 300 g/mol. The van der Waals surface area contributed by atoms with Crippen molar-refractivity contribution in [2.24, 2.45) is 5.92 Å². The van der Waals surface area contributed by atoms with Crippen molar-refractivity contribution < 1.29 is 14.2 Å². The van der Waals surface area contributed by atoms with Gasteiger partial charge in [0.1, 0.15) is 5.75 Å². The van der Waals surface area contributed by atoms with E-state index in [0.29, 0.717) is 5.92 Å². The molecule has 136 valence electrons. The molecule has 1 saturated heterocycles. The third-order valence-corrected chi connectivity index (χ3v) is 4.60. The topological polar surface area (TPSA) is 27.7 Å². The molecule has 3 nitrogen and oxygen atoms in total. The van der Waals surface area contributed by atoms with Gasteiger partial charge in [0.2, 0.25) is 0 Å².